The normalized spacial score (nSPS) is 17.0. The maximum atomic E-state index is 13.0. The lowest BCUT2D eigenvalue weighted by Gasteiger charge is -2.25. The van der Waals surface area contributed by atoms with Gasteiger partial charge < -0.3 is 14.0 Å². The summed E-state index contributed by atoms with van der Waals surface area (Å²) in [5.41, 5.74) is 3.01. The Morgan fingerprint density at radius 1 is 1.27 bits per heavy atom. The van der Waals surface area contributed by atoms with Gasteiger partial charge in [0.2, 0.25) is 0 Å². The Labute approximate surface area is 153 Å². The number of amides is 1. The van der Waals surface area contributed by atoms with E-state index < -0.39 is 0 Å². The molecule has 1 aliphatic rings. The second-order valence-corrected chi connectivity index (χ2v) is 6.86. The van der Waals surface area contributed by atoms with Crippen LogP contribution < -0.4 is 0 Å². The van der Waals surface area contributed by atoms with Gasteiger partial charge in [-0.1, -0.05) is 0 Å². The van der Waals surface area contributed by atoms with Crippen molar-refractivity contribution in [2.45, 2.75) is 32.4 Å². The van der Waals surface area contributed by atoms with Gasteiger partial charge in [-0.3, -0.25) is 9.78 Å². The number of carbonyl (C=O) groups excluding carboxylic acids is 1. The van der Waals surface area contributed by atoms with Crippen molar-refractivity contribution in [2.24, 2.45) is 7.05 Å². The van der Waals surface area contributed by atoms with Crippen molar-refractivity contribution in [2.75, 3.05) is 6.54 Å². The molecule has 4 rings (SSSR count). The van der Waals surface area contributed by atoms with Crippen LogP contribution in [0.25, 0.3) is 0 Å². The third kappa shape index (κ3) is 2.92. The van der Waals surface area contributed by atoms with E-state index in [1.165, 1.54) is 5.56 Å². The molecule has 0 saturated carbocycles. The van der Waals surface area contributed by atoms with Crippen LogP contribution in [0.1, 0.15) is 46.5 Å². The molecule has 4 heterocycles. The molecule has 6 heteroatoms. The van der Waals surface area contributed by atoms with Crippen molar-refractivity contribution < 1.29 is 4.79 Å². The fourth-order valence-corrected chi connectivity index (χ4v) is 3.73. The van der Waals surface area contributed by atoms with Crippen LogP contribution in [0.3, 0.4) is 0 Å². The van der Waals surface area contributed by atoms with Gasteiger partial charge in [-0.25, -0.2) is 4.98 Å². The minimum atomic E-state index is 0.0212. The predicted octanol–water partition coefficient (Wildman–Crippen LogP) is 2.95. The molecular formula is C20H23N5O. The van der Waals surface area contributed by atoms with Gasteiger partial charge in [-0.15, -0.1) is 0 Å². The fraction of sp³-hybridized carbons (Fsp3) is 0.350. The maximum Gasteiger partial charge on any atom is 0.271 e. The Morgan fingerprint density at radius 2 is 2.08 bits per heavy atom. The molecule has 0 radical (unpaired) electrons. The van der Waals surface area contributed by atoms with Crippen molar-refractivity contribution in [3.63, 3.8) is 0 Å². The van der Waals surface area contributed by atoms with Crippen molar-refractivity contribution in [1.29, 1.82) is 0 Å². The summed E-state index contributed by atoms with van der Waals surface area (Å²) in [6, 6.07) is 7.85. The van der Waals surface area contributed by atoms with Crippen LogP contribution >= 0.6 is 0 Å². The molecule has 134 valence electrons. The molecule has 0 spiro atoms. The number of hydrogen-bond acceptors (Lipinski definition) is 3. The Hall–Kier alpha value is -2.89. The molecule has 6 nitrogen and oxygen atoms in total. The van der Waals surface area contributed by atoms with E-state index in [-0.39, 0.29) is 11.9 Å². The van der Waals surface area contributed by atoms with Gasteiger partial charge in [-0.2, -0.15) is 0 Å². The van der Waals surface area contributed by atoms with E-state index in [2.05, 4.69) is 21.5 Å². The average molecular weight is 349 g/mol. The van der Waals surface area contributed by atoms with Crippen LogP contribution in [-0.4, -0.2) is 36.5 Å². The second-order valence-electron chi connectivity index (χ2n) is 6.86. The lowest BCUT2D eigenvalue weighted by Crippen LogP contribution is -2.33. The monoisotopic (exact) mass is 349 g/mol. The Bertz CT molecular complexity index is 911. The van der Waals surface area contributed by atoms with Crippen LogP contribution in [0.15, 0.2) is 49.1 Å². The van der Waals surface area contributed by atoms with Gasteiger partial charge in [-0.05, 0) is 49.6 Å². The molecule has 1 aliphatic heterocycles. The van der Waals surface area contributed by atoms with E-state index in [0.717, 1.165) is 43.1 Å². The molecular weight excluding hydrogens is 326 g/mol. The average Bonchev–Trinajstić information content (AvgIpc) is 3.37. The number of rotatable bonds is 4. The minimum Gasteiger partial charge on any atom is -0.347 e. The van der Waals surface area contributed by atoms with Crippen molar-refractivity contribution in [3.05, 3.63) is 71.8 Å². The molecule has 1 saturated heterocycles. The second kappa shape index (κ2) is 6.78. The molecule has 1 amide bonds. The summed E-state index contributed by atoms with van der Waals surface area (Å²) in [7, 11) is 1.91. The molecule has 1 atom stereocenters. The Kier molecular flexibility index (Phi) is 4.32. The van der Waals surface area contributed by atoms with Crippen LogP contribution in [0, 0.1) is 6.92 Å². The van der Waals surface area contributed by atoms with E-state index in [9.17, 15) is 4.79 Å². The van der Waals surface area contributed by atoms with Gasteiger partial charge in [0.15, 0.2) is 0 Å². The van der Waals surface area contributed by atoms with Crippen LogP contribution in [-0.2, 0) is 13.6 Å². The molecule has 0 aromatic carbocycles. The quantitative estimate of drug-likeness (QED) is 0.728. The first-order valence-corrected chi connectivity index (χ1v) is 8.98. The van der Waals surface area contributed by atoms with E-state index in [0.29, 0.717) is 0 Å². The summed E-state index contributed by atoms with van der Waals surface area (Å²) in [4.78, 5) is 23.8. The number of imidazole rings is 1. The van der Waals surface area contributed by atoms with Gasteiger partial charge in [0.25, 0.3) is 5.91 Å². The molecule has 0 aliphatic carbocycles. The molecule has 3 aromatic rings. The molecule has 1 unspecified atom stereocenters. The topological polar surface area (TPSA) is 56.0 Å². The fourth-order valence-electron chi connectivity index (χ4n) is 3.73. The lowest BCUT2D eigenvalue weighted by atomic mass is 10.2. The maximum absolute atomic E-state index is 13.0. The van der Waals surface area contributed by atoms with Crippen molar-refractivity contribution in [1.82, 2.24) is 24.0 Å². The molecule has 0 N–H and O–H groups in total. The van der Waals surface area contributed by atoms with Gasteiger partial charge in [0, 0.05) is 50.6 Å². The van der Waals surface area contributed by atoms with E-state index >= 15 is 0 Å². The zero-order chi connectivity index (χ0) is 18.1. The minimum absolute atomic E-state index is 0.0212. The predicted molar refractivity (Wildman–Crippen MR) is 98.7 cm³/mol. The summed E-state index contributed by atoms with van der Waals surface area (Å²) in [5, 5.41) is 0. The zero-order valence-corrected chi connectivity index (χ0v) is 15.2. The number of likely N-dealkylation sites (tertiary alicyclic amines) is 1. The third-order valence-electron chi connectivity index (χ3n) is 5.15. The van der Waals surface area contributed by atoms with Gasteiger partial charge >= 0.3 is 0 Å². The zero-order valence-electron chi connectivity index (χ0n) is 15.2. The van der Waals surface area contributed by atoms with E-state index in [4.69, 9.17) is 0 Å². The van der Waals surface area contributed by atoms with Crippen LogP contribution in [0.4, 0.5) is 0 Å². The number of aryl methyl sites for hydroxylation is 2. The highest BCUT2D eigenvalue weighted by atomic mass is 16.2. The molecule has 3 aromatic heterocycles. The highest BCUT2D eigenvalue weighted by Crippen LogP contribution is 2.33. The van der Waals surface area contributed by atoms with Crippen LogP contribution in [0.2, 0.25) is 0 Å². The van der Waals surface area contributed by atoms with Gasteiger partial charge in [0.05, 0.1) is 6.04 Å². The summed E-state index contributed by atoms with van der Waals surface area (Å²) in [6.45, 7) is 3.58. The first-order chi connectivity index (χ1) is 12.6. The van der Waals surface area contributed by atoms with E-state index in [1.807, 2.05) is 65.6 Å². The molecule has 26 heavy (non-hydrogen) atoms. The highest BCUT2D eigenvalue weighted by Gasteiger charge is 2.34. The van der Waals surface area contributed by atoms with Crippen molar-refractivity contribution in [3.8, 4) is 0 Å². The summed E-state index contributed by atoms with van der Waals surface area (Å²) in [5.74, 6) is 1.05. The number of nitrogens with zero attached hydrogens (tertiary/aromatic N) is 5. The molecule has 1 fully saturated rings. The Balaban J connectivity index is 1.65. The van der Waals surface area contributed by atoms with Gasteiger partial charge in [0.1, 0.15) is 11.5 Å². The van der Waals surface area contributed by atoms with Crippen LogP contribution in [0.5, 0.6) is 0 Å². The number of aromatic nitrogens is 4. The third-order valence-corrected chi connectivity index (χ3v) is 5.15. The summed E-state index contributed by atoms with van der Waals surface area (Å²) >= 11 is 0. The SMILES string of the molecule is Cc1cnc(C2CCCN2C(=O)c2cccn2C)n1Cc1ccncc1. The molecule has 0 bridgehead atoms. The largest absolute Gasteiger partial charge is 0.347 e. The number of hydrogen-bond donors (Lipinski definition) is 0. The highest BCUT2D eigenvalue weighted by molar-refractivity contribution is 5.93. The van der Waals surface area contributed by atoms with E-state index in [1.54, 1.807) is 0 Å². The smallest absolute Gasteiger partial charge is 0.271 e. The summed E-state index contributed by atoms with van der Waals surface area (Å²) < 4.78 is 4.10. The first-order valence-electron chi connectivity index (χ1n) is 8.98. The first kappa shape index (κ1) is 16.6. The number of pyridine rings is 1. The number of carbonyl (C=O) groups is 1. The summed E-state index contributed by atoms with van der Waals surface area (Å²) in [6.07, 6.45) is 9.38. The lowest BCUT2D eigenvalue weighted by molar-refractivity contribution is 0.0718. The van der Waals surface area contributed by atoms with Crippen molar-refractivity contribution >= 4 is 5.91 Å². The Morgan fingerprint density at radius 3 is 2.81 bits per heavy atom. The standard InChI is InChI=1S/C20H23N5O/c1-15-13-22-19(25(15)14-16-7-9-21-10-8-16)17-5-4-12-24(17)20(26)18-6-3-11-23(18)2/h3,6-11,13,17H,4-5,12,14H2,1-2H3.